The number of thiophene rings is 1. The average molecular weight is 466 g/mol. The zero-order valence-electron chi connectivity index (χ0n) is 18.7. The lowest BCUT2D eigenvalue weighted by Crippen LogP contribution is -1.96. The first-order chi connectivity index (χ1) is 17.3. The Kier molecular flexibility index (Phi) is 4.64. The van der Waals surface area contributed by atoms with Crippen LogP contribution in [0.25, 0.3) is 65.0 Å². The van der Waals surface area contributed by atoms with Gasteiger partial charge in [0.25, 0.3) is 0 Å². The van der Waals surface area contributed by atoms with Gasteiger partial charge in [-0.25, -0.2) is 15.0 Å². The molecule has 0 unspecified atom stereocenters. The van der Waals surface area contributed by atoms with Gasteiger partial charge in [0.15, 0.2) is 5.65 Å². The Hall–Kier alpha value is -4.41. The molecular formula is C31H19N3S. The lowest BCUT2D eigenvalue weighted by molar-refractivity contribution is 1.23. The summed E-state index contributed by atoms with van der Waals surface area (Å²) >= 11 is 1.85. The number of pyridine rings is 1. The van der Waals surface area contributed by atoms with Crippen LogP contribution in [0.5, 0.6) is 0 Å². The molecule has 7 aromatic rings. The minimum atomic E-state index is 0.655. The molecule has 3 heterocycles. The summed E-state index contributed by atoms with van der Waals surface area (Å²) in [5.41, 5.74) is 7.67. The number of fused-ring (bicyclic) bond motifs is 4. The van der Waals surface area contributed by atoms with Crippen LogP contribution < -0.4 is 0 Å². The Labute approximate surface area is 206 Å². The summed E-state index contributed by atoms with van der Waals surface area (Å²) in [5, 5.41) is 2.63. The van der Waals surface area contributed by atoms with E-state index in [1.54, 1.807) is 6.20 Å². The summed E-state index contributed by atoms with van der Waals surface area (Å²) in [6, 6.07) is 38.0. The zero-order chi connectivity index (χ0) is 23.2. The largest absolute Gasteiger partial charge is 0.242 e. The lowest BCUT2D eigenvalue weighted by atomic mass is 9.97. The Bertz CT molecular complexity index is 1840. The van der Waals surface area contributed by atoms with Crippen molar-refractivity contribution in [1.29, 1.82) is 0 Å². The van der Waals surface area contributed by atoms with Gasteiger partial charge in [-0.05, 0) is 35.4 Å². The molecule has 0 N–H and O–H groups in total. The van der Waals surface area contributed by atoms with Crippen molar-refractivity contribution in [2.24, 2.45) is 0 Å². The molecule has 0 bridgehead atoms. The van der Waals surface area contributed by atoms with Crippen molar-refractivity contribution in [3.05, 3.63) is 115 Å². The monoisotopic (exact) mass is 465 g/mol. The molecule has 0 amide bonds. The van der Waals surface area contributed by atoms with E-state index in [1.807, 2.05) is 41.7 Å². The summed E-state index contributed by atoms with van der Waals surface area (Å²) in [5.74, 6) is 0. The molecule has 0 atom stereocenters. The molecule has 3 nitrogen and oxygen atoms in total. The van der Waals surface area contributed by atoms with Crippen molar-refractivity contribution in [3.63, 3.8) is 0 Å². The maximum Gasteiger partial charge on any atom is 0.178 e. The molecule has 4 aromatic carbocycles. The second-order valence-corrected chi connectivity index (χ2v) is 9.57. The number of benzene rings is 4. The van der Waals surface area contributed by atoms with Gasteiger partial charge in [-0.3, -0.25) is 0 Å². The van der Waals surface area contributed by atoms with E-state index in [4.69, 9.17) is 9.97 Å². The second-order valence-electron chi connectivity index (χ2n) is 8.49. The average Bonchev–Trinajstić information content (AvgIpc) is 3.32. The molecule has 0 saturated heterocycles. The molecule has 0 spiro atoms. The predicted molar refractivity (Wildman–Crippen MR) is 147 cm³/mol. The molecule has 0 saturated carbocycles. The zero-order valence-corrected chi connectivity index (χ0v) is 19.5. The van der Waals surface area contributed by atoms with Gasteiger partial charge in [0.1, 0.15) is 5.52 Å². The summed E-state index contributed by atoms with van der Waals surface area (Å²) in [6.07, 6.45) is 1.76. The molecule has 0 aliphatic rings. The third-order valence-electron chi connectivity index (χ3n) is 6.36. The topological polar surface area (TPSA) is 38.7 Å². The maximum atomic E-state index is 4.98. The van der Waals surface area contributed by atoms with Crippen molar-refractivity contribution in [2.45, 2.75) is 0 Å². The highest BCUT2D eigenvalue weighted by molar-refractivity contribution is 7.25. The fourth-order valence-electron chi connectivity index (χ4n) is 4.72. The molecule has 0 radical (unpaired) electrons. The number of rotatable bonds is 3. The van der Waals surface area contributed by atoms with E-state index in [0.717, 1.165) is 28.0 Å². The first kappa shape index (κ1) is 20.0. The van der Waals surface area contributed by atoms with Gasteiger partial charge in [-0.2, -0.15) is 0 Å². The third-order valence-corrected chi connectivity index (χ3v) is 7.50. The van der Waals surface area contributed by atoms with Gasteiger partial charge < -0.3 is 0 Å². The maximum absolute atomic E-state index is 4.98. The van der Waals surface area contributed by atoms with Gasteiger partial charge in [0.05, 0.1) is 11.4 Å². The molecular weight excluding hydrogens is 446 g/mol. The lowest BCUT2D eigenvalue weighted by Gasteiger charge is -2.11. The standard InChI is InChI=1S/C31H19N3S/c1-2-8-21(9-3-1)30-29(33-25-12-7-19-32-31(25)34-30)22-17-15-20(16-18-22)23-11-6-14-27-28(23)24-10-4-5-13-26(24)35-27/h1-19H. The van der Waals surface area contributed by atoms with Gasteiger partial charge in [0, 0.05) is 37.5 Å². The number of aromatic nitrogens is 3. The summed E-state index contributed by atoms with van der Waals surface area (Å²) < 4.78 is 2.63. The molecule has 7 rings (SSSR count). The highest BCUT2D eigenvalue weighted by Gasteiger charge is 2.15. The third kappa shape index (κ3) is 3.38. The van der Waals surface area contributed by atoms with E-state index in [2.05, 4.69) is 83.8 Å². The van der Waals surface area contributed by atoms with E-state index in [9.17, 15) is 0 Å². The van der Waals surface area contributed by atoms with Crippen molar-refractivity contribution in [3.8, 4) is 33.6 Å². The number of hydrogen-bond donors (Lipinski definition) is 0. The normalized spacial score (nSPS) is 11.4. The minimum Gasteiger partial charge on any atom is -0.242 e. The van der Waals surface area contributed by atoms with Crippen molar-refractivity contribution in [1.82, 2.24) is 15.0 Å². The fourth-order valence-corrected chi connectivity index (χ4v) is 5.85. The number of hydrogen-bond acceptors (Lipinski definition) is 4. The molecule has 0 fully saturated rings. The fraction of sp³-hybridized carbons (Fsp3) is 0. The van der Waals surface area contributed by atoms with Crippen molar-refractivity contribution < 1.29 is 0 Å². The van der Waals surface area contributed by atoms with Gasteiger partial charge in [-0.15, -0.1) is 11.3 Å². The number of nitrogens with zero attached hydrogens (tertiary/aromatic N) is 3. The Morgan fingerprint density at radius 3 is 2.11 bits per heavy atom. The molecule has 3 aromatic heterocycles. The summed E-state index contributed by atoms with van der Waals surface area (Å²) in [6.45, 7) is 0. The van der Waals surface area contributed by atoms with E-state index >= 15 is 0 Å². The van der Waals surface area contributed by atoms with Crippen LogP contribution in [0.1, 0.15) is 0 Å². The minimum absolute atomic E-state index is 0.655. The van der Waals surface area contributed by atoms with E-state index < -0.39 is 0 Å². The van der Waals surface area contributed by atoms with Crippen LogP contribution in [0.4, 0.5) is 0 Å². The Balaban J connectivity index is 1.40. The van der Waals surface area contributed by atoms with Crippen LogP contribution in [0.2, 0.25) is 0 Å². The van der Waals surface area contributed by atoms with Crippen molar-refractivity contribution >= 4 is 42.7 Å². The van der Waals surface area contributed by atoms with Crippen LogP contribution in [-0.2, 0) is 0 Å². The van der Waals surface area contributed by atoms with Crippen LogP contribution in [0, 0.1) is 0 Å². The Morgan fingerprint density at radius 1 is 0.514 bits per heavy atom. The smallest absolute Gasteiger partial charge is 0.178 e. The Morgan fingerprint density at radius 2 is 1.23 bits per heavy atom. The molecule has 0 aliphatic heterocycles. The van der Waals surface area contributed by atoms with Crippen LogP contribution in [-0.4, -0.2) is 15.0 Å². The molecule has 0 aliphatic carbocycles. The first-order valence-electron chi connectivity index (χ1n) is 11.5. The van der Waals surface area contributed by atoms with Gasteiger partial charge in [-0.1, -0.05) is 84.9 Å². The predicted octanol–water partition coefficient (Wildman–Crippen LogP) is 8.39. The van der Waals surface area contributed by atoms with Crippen molar-refractivity contribution in [2.75, 3.05) is 0 Å². The SMILES string of the molecule is c1ccc(-c2nc3ncccc3nc2-c2ccc(-c3cccc4sc5ccccc5c34)cc2)cc1. The van der Waals surface area contributed by atoms with E-state index in [1.165, 1.54) is 31.3 Å². The summed E-state index contributed by atoms with van der Waals surface area (Å²) in [4.78, 5) is 14.3. The van der Waals surface area contributed by atoms with Crippen LogP contribution in [0.15, 0.2) is 115 Å². The van der Waals surface area contributed by atoms with Crippen LogP contribution in [0.3, 0.4) is 0 Å². The van der Waals surface area contributed by atoms with Crippen LogP contribution >= 0.6 is 11.3 Å². The quantitative estimate of drug-likeness (QED) is 0.263. The van der Waals surface area contributed by atoms with E-state index in [-0.39, 0.29) is 0 Å². The van der Waals surface area contributed by atoms with Gasteiger partial charge in [0.2, 0.25) is 0 Å². The van der Waals surface area contributed by atoms with E-state index in [0.29, 0.717) is 5.65 Å². The van der Waals surface area contributed by atoms with Gasteiger partial charge >= 0.3 is 0 Å². The molecule has 35 heavy (non-hydrogen) atoms. The molecule has 164 valence electrons. The summed E-state index contributed by atoms with van der Waals surface area (Å²) in [7, 11) is 0. The highest BCUT2D eigenvalue weighted by Crippen LogP contribution is 2.40. The first-order valence-corrected chi connectivity index (χ1v) is 12.4. The second kappa shape index (κ2) is 8.12. The molecule has 4 heteroatoms. The highest BCUT2D eigenvalue weighted by atomic mass is 32.1.